The van der Waals surface area contributed by atoms with E-state index in [0.717, 1.165) is 39.0 Å². The maximum absolute atomic E-state index is 13.8. The van der Waals surface area contributed by atoms with E-state index in [9.17, 15) is 9.18 Å². The number of hydrogen-bond acceptors (Lipinski definition) is 3. The molecule has 1 aliphatic heterocycles. The summed E-state index contributed by atoms with van der Waals surface area (Å²) < 4.78 is 13.8. The fraction of sp³-hybridized carbons (Fsp3) is 0.611. The molecule has 0 bridgehead atoms. The van der Waals surface area contributed by atoms with Crippen molar-refractivity contribution in [2.45, 2.75) is 38.1 Å². The van der Waals surface area contributed by atoms with Crippen molar-refractivity contribution in [1.29, 1.82) is 0 Å². The summed E-state index contributed by atoms with van der Waals surface area (Å²) in [4.78, 5) is 16.4. The first kappa shape index (κ1) is 16.2. The molecule has 5 heteroatoms. The third kappa shape index (κ3) is 4.44. The number of nitrogens with one attached hydrogen (secondary N) is 1. The van der Waals surface area contributed by atoms with E-state index in [0.29, 0.717) is 18.3 Å². The lowest BCUT2D eigenvalue weighted by atomic mass is 9.95. The smallest absolute Gasteiger partial charge is 0.234 e. The summed E-state index contributed by atoms with van der Waals surface area (Å²) in [5.74, 6) is -0.0350. The number of para-hydroxylation sites is 1. The van der Waals surface area contributed by atoms with E-state index < -0.39 is 0 Å². The largest absolute Gasteiger partial charge is 0.367 e. The molecule has 1 amide bonds. The molecule has 0 atom stereocenters. The third-order valence-corrected chi connectivity index (χ3v) is 4.90. The summed E-state index contributed by atoms with van der Waals surface area (Å²) >= 11 is 0. The van der Waals surface area contributed by atoms with E-state index in [-0.39, 0.29) is 11.7 Å². The molecule has 3 rings (SSSR count). The molecular weight excluding hydrogens is 293 g/mol. The van der Waals surface area contributed by atoms with Gasteiger partial charge < -0.3 is 10.2 Å². The van der Waals surface area contributed by atoms with E-state index >= 15 is 0 Å². The second-order valence-electron chi connectivity index (χ2n) is 6.62. The zero-order chi connectivity index (χ0) is 16.1. The van der Waals surface area contributed by atoms with Crippen molar-refractivity contribution in [3.05, 3.63) is 30.1 Å². The molecule has 1 saturated heterocycles. The van der Waals surface area contributed by atoms with Gasteiger partial charge in [0.25, 0.3) is 0 Å². The van der Waals surface area contributed by atoms with E-state index in [1.165, 1.54) is 25.3 Å². The van der Waals surface area contributed by atoms with Gasteiger partial charge in [-0.3, -0.25) is 9.69 Å². The van der Waals surface area contributed by atoms with Gasteiger partial charge in [-0.15, -0.1) is 0 Å². The molecule has 1 saturated carbocycles. The van der Waals surface area contributed by atoms with Crippen LogP contribution < -0.4 is 10.2 Å². The molecule has 126 valence electrons. The van der Waals surface area contributed by atoms with Gasteiger partial charge in [0, 0.05) is 32.2 Å². The Morgan fingerprint density at radius 3 is 2.48 bits per heavy atom. The molecule has 2 aliphatic rings. The van der Waals surface area contributed by atoms with E-state index in [4.69, 9.17) is 0 Å². The van der Waals surface area contributed by atoms with Gasteiger partial charge in [0.15, 0.2) is 0 Å². The van der Waals surface area contributed by atoms with E-state index in [2.05, 4.69) is 15.1 Å². The Hall–Kier alpha value is -1.62. The second kappa shape index (κ2) is 7.77. The Bertz CT molecular complexity index is 523. The molecule has 1 heterocycles. The Balaban J connectivity index is 1.44. The molecule has 1 aromatic rings. The number of anilines is 1. The number of hydrogen-bond donors (Lipinski definition) is 1. The maximum atomic E-state index is 13.8. The van der Waals surface area contributed by atoms with Gasteiger partial charge in [-0.05, 0) is 25.0 Å². The molecule has 1 aliphatic carbocycles. The molecule has 0 aromatic heterocycles. The molecule has 1 N–H and O–H groups in total. The minimum atomic E-state index is -0.170. The molecular formula is C18H26FN3O. The highest BCUT2D eigenvalue weighted by Crippen LogP contribution is 2.20. The molecule has 23 heavy (non-hydrogen) atoms. The number of piperazine rings is 1. The lowest BCUT2D eigenvalue weighted by Crippen LogP contribution is -2.50. The number of nitrogens with zero attached hydrogens (tertiary/aromatic N) is 2. The first-order valence-electron chi connectivity index (χ1n) is 8.73. The van der Waals surface area contributed by atoms with Crippen LogP contribution in [0, 0.1) is 5.82 Å². The average molecular weight is 319 g/mol. The SMILES string of the molecule is O=C(CN1CCN(c2ccccc2F)CC1)NC1CCCCC1. The summed E-state index contributed by atoms with van der Waals surface area (Å²) in [6, 6.07) is 7.27. The van der Waals surface area contributed by atoms with Crippen molar-refractivity contribution in [3.63, 3.8) is 0 Å². The second-order valence-corrected chi connectivity index (χ2v) is 6.62. The van der Waals surface area contributed by atoms with Crippen molar-refractivity contribution in [1.82, 2.24) is 10.2 Å². The Labute approximate surface area is 137 Å². The molecule has 0 unspecified atom stereocenters. The van der Waals surface area contributed by atoms with Gasteiger partial charge in [0.1, 0.15) is 5.82 Å². The molecule has 1 aromatic carbocycles. The lowest BCUT2D eigenvalue weighted by molar-refractivity contribution is -0.123. The van der Waals surface area contributed by atoms with Crippen LogP contribution in [0.3, 0.4) is 0 Å². The fourth-order valence-electron chi connectivity index (χ4n) is 3.58. The quantitative estimate of drug-likeness (QED) is 0.926. The highest BCUT2D eigenvalue weighted by molar-refractivity contribution is 5.78. The molecule has 0 spiro atoms. The Morgan fingerprint density at radius 2 is 1.78 bits per heavy atom. The van der Waals surface area contributed by atoms with Gasteiger partial charge >= 0.3 is 0 Å². The van der Waals surface area contributed by atoms with Crippen molar-refractivity contribution in [2.75, 3.05) is 37.6 Å². The summed E-state index contributed by atoms with van der Waals surface area (Å²) in [5.41, 5.74) is 0.666. The number of carbonyl (C=O) groups is 1. The summed E-state index contributed by atoms with van der Waals surface area (Å²) in [7, 11) is 0. The summed E-state index contributed by atoms with van der Waals surface area (Å²) in [6.45, 7) is 3.58. The summed E-state index contributed by atoms with van der Waals surface area (Å²) in [5, 5.41) is 3.16. The Morgan fingerprint density at radius 1 is 1.09 bits per heavy atom. The minimum Gasteiger partial charge on any atom is -0.367 e. The summed E-state index contributed by atoms with van der Waals surface area (Å²) in [6.07, 6.45) is 5.99. The first-order chi connectivity index (χ1) is 11.2. The highest BCUT2D eigenvalue weighted by Gasteiger charge is 2.22. The van der Waals surface area contributed by atoms with Crippen LogP contribution in [0.4, 0.5) is 10.1 Å². The number of rotatable bonds is 4. The van der Waals surface area contributed by atoms with Crippen molar-refractivity contribution in [3.8, 4) is 0 Å². The van der Waals surface area contributed by atoms with Crippen LogP contribution in [0.25, 0.3) is 0 Å². The van der Waals surface area contributed by atoms with Crippen LogP contribution in [0.15, 0.2) is 24.3 Å². The van der Waals surface area contributed by atoms with Gasteiger partial charge in [0.05, 0.1) is 12.2 Å². The zero-order valence-corrected chi connectivity index (χ0v) is 13.6. The van der Waals surface area contributed by atoms with E-state index in [1.807, 2.05) is 12.1 Å². The monoisotopic (exact) mass is 319 g/mol. The maximum Gasteiger partial charge on any atom is 0.234 e. The fourth-order valence-corrected chi connectivity index (χ4v) is 3.58. The van der Waals surface area contributed by atoms with Gasteiger partial charge in [-0.1, -0.05) is 31.4 Å². The van der Waals surface area contributed by atoms with Crippen LogP contribution in [0.2, 0.25) is 0 Å². The van der Waals surface area contributed by atoms with Crippen LogP contribution >= 0.6 is 0 Å². The Kier molecular flexibility index (Phi) is 5.49. The predicted molar refractivity (Wildman–Crippen MR) is 90.1 cm³/mol. The number of halogens is 1. The zero-order valence-electron chi connectivity index (χ0n) is 13.6. The van der Waals surface area contributed by atoms with Crippen molar-refractivity contribution in [2.24, 2.45) is 0 Å². The highest BCUT2D eigenvalue weighted by atomic mass is 19.1. The lowest BCUT2D eigenvalue weighted by Gasteiger charge is -2.36. The number of benzene rings is 1. The average Bonchev–Trinajstić information content (AvgIpc) is 2.57. The first-order valence-corrected chi connectivity index (χ1v) is 8.73. The number of amides is 1. The van der Waals surface area contributed by atoms with Gasteiger partial charge in [-0.2, -0.15) is 0 Å². The van der Waals surface area contributed by atoms with Gasteiger partial charge in [-0.25, -0.2) is 4.39 Å². The standard InChI is InChI=1S/C18H26FN3O/c19-16-8-4-5-9-17(16)22-12-10-21(11-13-22)14-18(23)20-15-6-2-1-3-7-15/h4-5,8-9,15H,1-3,6-7,10-14H2,(H,20,23). The number of carbonyl (C=O) groups excluding carboxylic acids is 1. The molecule has 0 radical (unpaired) electrons. The van der Waals surface area contributed by atoms with Crippen LogP contribution in [-0.2, 0) is 4.79 Å². The normalized spacial score (nSPS) is 20.5. The van der Waals surface area contributed by atoms with Crippen LogP contribution in [-0.4, -0.2) is 49.6 Å². The van der Waals surface area contributed by atoms with E-state index in [1.54, 1.807) is 6.07 Å². The predicted octanol–water partition coefficient (Wildman–Crippen LogP) is 2.40. The molecule has 2 fully saturated rings. The third-order valence-electron chi connectivity index (χ3n) is 4.90. The van der Waals surface area contributed by atoms with Crippen molar-refractivity contribution >= 4 is 11.6 Å². The van der Waals surface area contributed by atoms with Crippen LogP contribution in [0.1, 0.15) is 32.1 Å². The molecule has 4 nitrogen and oxygen atoms in total. The topological polar surface area (TPSA) is 35.6 Å². The van der Waals surface area contributed by atoms with Gasteiger partial charge in [0.2, 0.25) is 5.91 Å². The van der Waals surface area contributed by atoms with Crippen molar-refractivity contribution < 1.29 is 9.18 Å². The van der Waals surface area contributed by atoms with Crippen LogP contribution in [0.5, 0.6) is 0 Å². The minimum absolute atomic E-state index is 0.135.